The number of hydrogen-bond acceptors (Lipinski definition) is 2. The highest BCUT2D eigenvalue weighted by Gasteiger charge is 2.20. The van der Waals surface area contributed by atoms with Crippen molar-refractivity contribution in [1.82, 2.24) is 4.90 Å². The minimum absolute atomic E-state index is 0.105. The number of carbonyl (C=O) groups is 1. The van der Waals surface area contributed by atoms with Crippen molar-refractivity contribution in [3.05, 3.63) is 28.8 Å². The Kier molecular flexibility index (Phi) is 4.81. The molecule has 1 heterocycles. The first-order valence-electron chi connectivity index (χ1n) is 7.59. The first kappa shape index (κ1) is 15.0. The Balaban J connectivity index is 2.01. The van der Waals surface area contributed by atoms with Crippen molar-refractivity contribution < 1.29 is 4.79 Å². The molecule has 1 fully saturated rings. The summed E-state index contributed by atoms with van der Waals surface area (Å²) < 4.78 is 0. The van der Waals surface area contributed by atoms with Gasteiger partial charge in [-0.3, -0.25) is 9.69 Å². The predicted molar refractivity (Wildman–Crippen MR) is 84.2 cm³/mol. The minimum Gasteiger partial charge on any atom is -0.324 e. The van der Waals surface area contributed by atoms with Gasteiger partial charge >= 0.3 is 0 Å². The van der Waals surface area contributed by atoms with Crippen molar-refractivity contribution in [2.75, 3.05) is 18.4 Å². The molecule has 20 heavy (non-hydrogen) atoms. The van der Waals surface area contributed by atoms with Gasteiger partial charge in [0, 0.05) is 11.7 Å². The molecule has 1 aliphatic heterocycles. The maximum Gasteiger partial charge on any atom is 0.238 e. The molecule has 1 unspecified atom stereocenters. The molecule has 0 bridgehead atoms. The molecule has 0 aromatic heterocycles. The van der Waals surface area contributed by atoms with Gasteiger partial charge in [-0.25, -0.2) is 0 Å². The van der Waals surface area contributed by atoms with Crippen molar-refractivity contribution in [2.45, 2.75) is 53.0 Å². The molecule has 1 aromatic carbocycles. The highest BCUT2D eigenvalue weighted by molar-refractivity contribution is 5.93. The largest absolute Gasteiger partial charge is 0.324 e. The molecule has 0 aliphatic carbocycles. The molecule has 3 nitrogen and oxygen atoms in total. The Morgan fingerprint density at radius 2 is 1.90 bits per heavy atom. The summed E-state index contributed by atoms with van der Waals surface area (Å²) >= 11 is 0. The summed E-state index contributed by atoms with van der Waals surface area (Å²) in [6.07, 6.45) is 3.70. The summed E-state index contributed by atoms with van der Waals surface area (Å²) in [6.45, 7) is 9.96. The second kappa shape index (κ2) is 6.40. The Morgan fingerprint density at radius 3 is 2.50 bits per heavy atom. The zero-order valence-electron chi connectivity index (χ0n) is 13.1. The first-order chi connectivity index (χ1) is 9.47. The molecule has 0 radical (unpaired) electrons. The number of nitrogens with zero attached hydrogens (tertiary/aromatic N) is 1. The van der Waals surface area contributed by atoms with Gasteiger partial charge in [0.2, 0.25) is 5.91 Å². The van der Waals surface area contributed by atoms with Crippen LogP contribution in [0.5, 0.6) is 0 Å². The molecule has 0 saturated carbocycles. The Hall–Kier alpha value is -1.35. The quantitative estimate of drug-likeness (QED) is 0.916. The zero-order chi connectivity index (χ0) is 14.7. The van der Waals surface area contributed by atoms with Gasteiger partial charge in [-0.1, -0.05) is 24.1 Å². The summed E-state index contributed by atoms with van der Waals surface area (Å²) in [5, 5.41) is 3.09. The molecule has 2 rings (SSSR count). The lowest BCUT2D eigenvalue weighted by molar-refractivity contribution is -0.118. The lowest BCUT2D eigenvalue weighted by Crippen LogP contribution is -2.42. The van der Waals surface area contributed by atoms with Crippen LogP contribution in [-0.4, -0.2) is 29.9 Å². The van der Waals surface area contributed by atoms with E-state index in [0.717, 1.165) is 23.4 Å². The van der Waals surface area contributed by atoms with E-state index in [1.807, 2.05) is 0 Å². The Morgan fingerprint density at radius 1 is 1.25 bits per heavy atom. The lowest BCUT2D eigenvalue weighted by atomic mass is 10.0. The summed E-state index contributed by atoms with van der Waals surface area (Å²) in [5.74, 6) is 0.105. The van der Waals surface area contributed by atoms with E-state index in [1.165, 1.54) is 24.8 Å². The van der Waals surface area contributed by atoms with Crippen molar-refractivity contribution in [3.8, 4) is 0 Å². The topological polar surface area (TPSA) is 32.3 Å². The number of likely N-dealkylation sites (tertiary alicyclic amines) is 1. The van der Waals surface area contributed by atoms with Gasteiger partial charge in [0.25, 0.3) is 0 Å². The number of nitrogens with one attached hydrogen (secondary N) is 1. The molecule has 110 valence electrons. The molecular formula is C17H26N2O. The number of piperidine rings is 1. The van der Waals surface area contributed by atoms with E-state index >= 15 is 0 Å². The highest BCUT2D eigenvalue weighted by atomic mass is 16.2. The smallest absolute Gasteiger partial charge is 0.238 e. The van der Waals surface area contributed by atoms with Crippen molar-refractivity contribution in [1.29, 1.82) is 0 Å². The van der Waals surface area contributed by atoms with Crippen LogP contribution < -0.4 is 5.32 Å². The summed E-state index contributed by atoms with van der Waals surface area (Å²) in [6, 6.07) is 4.76. The molecule has 1 N–H and O–H groups in total. The Bertz CT molecular complexity index is 473. The van der Waals surface area contributed by atoms with Crippen molar-refractivity contribution >= 4 is 11.6 Å². The molecule has 1 amide bonds. The van der Waals surface area contributed by atoms with E-state index in [0.29, 0.717) is 12.6 Å². The van der Waals surface area contributed by atoms with E-state index < -0.39 is 0 Å². The second-order valence-electron chi connectivity index (χ2n) is 6.14. The summed E-state index contributed by atoms with van der Waals surface area (Å²) in [7, 11) is 0. The van der Waals surface area contributed by atoms with Crippen LogP contribution in [0.15, 0.2) is 12.1 Å². The predicted octanol–water partition coefficient (Wildman–Crippen LogP) is 3.42. The third-order valence-electron chi connectivity index (χ3n) is 4.23. The molecule has 1 aromatic rings. The van der Waals surface area contributed by atoms with Crippen LogP contribution in [0.2, 0.25) is 0 Å². The van der Waals surface area contributed by atoms with Crippen molar-refractivity contribution in [2.24, 2.45) is 0 Å². The third-order valence-corrected chi connectivity index (χ3v) is 4.23. The monoisotopic (exact) mass is 274 g/mol. The van der Waals surface area contributed by atoms with Crippen LogP contribution >= 0.6 is 0 Å². The van der Waals surface area contributed by atoms with E-state index in [-0.39, 0.29) is 5.91 Å². The number of carbonyl (C=O) groups excluding carboxylic acids is 1. The van der Waals surface area contributed by atoms with Crippen molar-refractivity contribution in [3.63, 3.8) is 0 Å². The first-order valence-corrected chi connectivity index (χ1v) is 7.59. The second-order valence-corrected chi connectivity index (χ2v) is 6.14. The van der Waals surface area contributed by atoms with Gasteiger partial charge in [-0.2, -0.15) is 0 Å². The number of amides is 1. The van der Waals surface area contributed by atoms with Crippen LogP contribution in [0.25, 0.3) is 0 Å². The number of hydrogen-bond donors (Lipinski definition) is 1. The van der Waals surface area contributed by atoms with E-state index in [4.69, 9.17) is 0 Å². The maximum atomic E-state index is 12.3. The average Bonchev–Trinajstić information content (AvgIpc) is 2.36. The van der Waals surface area contributed by atoms with Gasteiger partial charge in [0.15, 0.2) is 0 Å². The van der Waals surface area contributed by atoms with Gasteiger partial charge in [-0.05, 0) is 58.2 Å². The van der Waals surface area contributed by atoms with Crippen LogP contribution in [0, 0.1) is 20.8 Å². The van der Waals surface area contributed by atoms with Crippen LogP contribution in [0.4, 0.5) is 5.69 Å². The number of aryl methyl sites for hydroxylation is 3. The zero-order valence-corrected chi connectivity index (χ0v) is 13.1. The lowest BCUT2D eigenvalue weighted by Gasteiger charge is -2.32. The number of anilines is 1. The molecule has 1 aliphatic rings. The van der Waals surface area contributed by atoms with Gasteiger partial charge in [-0.15, -0.1) is 0 Å². The van der Waals surface area contributed by atoms with E-state index in [9.17, 15) is 4.79 Å². The SMILES string of the molecule is Cc1cc(C)c(NC(=O)CN2CCCCC2C)c(C)c1. The van der Waals surface area contributed by atoms with E-state index in [1.54, 1.807) is 0 Å². The summed E-state index contributed by atoms with van der Waals surface area (Å²) in [4.78, 5) is 14.6. The molecule has 1 atom stereocenters. The van der Waals surface area contributed by atoms with Crippen LogP contribution in [-0.2, 0) is 4.79 Å². The maximum absolute atomic E-state index is 12.3. The van der Waals surface area contributed by atoms with E-state index in [2.05, 4.69) is 50.0 Å². The Labute approximate surface area is 122 Å². The number of benzene rings is 1. The molecule has 1 saturated heterocycles. The fourth-order valence-corrected chi connectivity index (χ4v) is 3.13. The normalized spacial score (nSPS) is 19.9. The fourth-order valence-electron chi connectivity index (χ4n) is 3.13. The van der Waals surface area contributed by atoms with Gasteiger partial charge in [0.05, 0.1) is 6.54 Å². The average molecular weight is 274 g/mol. The minimum atomic E-state index is 0.105. The highest BCUT2D eigenvalue weighted by Crippen LogP contribution is 2.22. The standard InChI is InChI=1S/C17H26N2O/c1-12-9-13(2)17(14(3)10-12)18-16(20)11-19-8-6-5-7-15(19)4/h9-10,15H,5-8,11H2,1-4H3,(H,18,20). The fraction of sp³-hybridized carbons (Fsp3) is 0.588. The molecule has 3 heteroatoms. The molecular weight excluding hydrogens is 248 g/mol. The number of rotatable bonds is 3. The van der Waals surface area contributed by atoms with Crippen LogP contribution in [0.3, 0.4) is 0 Å². The van der Waals surface area contributed by atoms with Crippen LogP contribution in [0.1, 0.15) is 42.9 Å². The summed E-state index contributed by atoms with van der Waals surface area (Å²) in [5.41, 5.74) is 4.50. The van der Waals surface area contributed by atoms with Gasteiger partial charge < -0.3 is 5.32 Å². The van der Waals surface area contributed by atoms with Gasteiger partial charge in [0.1, 0.15) is 0 Å². The third kappa shape index (κ3) is 3.60. The molecule has 0 spiro atoms.